The van der Waals surface area contributed by atoms with E-state index < -0.39 is 22.8 Å². The van der Waals surface area contributed by atoms with E-state index in [2.05, 4.69) is 44.7 Å². The Morgan fingerprint density at radius 2 is 0.902 bits per heavy atom. The van der Waals surface area contributed by atoms with E-state index in [4.69, 9.17) is 53.6 Å². The van der Waals surface area contributed by atoms with Gasteiger partial charge in [-0.15, -0.1) is 0 Å². The van der Waals surface area contributed by atoms with Crippen LogP contribution >= 0.6 is 23.2 Å². The summed E-state index contributed by atoms with van der Waals surface area (Å²) in [5.41, 5.74) is 14.1. The van der Waals surface area contributed by atoms with Crippen LogP contribution in [0.25, 0.3) is 0 Å². The zero-order chi connectivity index (χ0) is 60.0. The molecule has 0 spiro atoms. The van der Waals surface area contributed by atoms with Crippen LogP contribution in [0.4, 0.5) is 11.4 Å². The van der Waals surface area contributed by atoms with Crippen molar-refractivity contribution in [2.75, 3.05) is 117 Å². The van der Waals surface area contributed by atoms with Gasteiger partial charge in [0.25, 0.3) is 0 Å². The van der Waals surface area contributed by atoms with Gasteiger partial charge in [-0.3, -0.25) is 29.0 Å². The third-order valence-corrected chi connectivity index (χ3v) is 15.9. The fraction of sp³-hybridized carbons (Fsp3) is 0.613. The number of methoxy groups -OCH3 is 2. The zero-order valence-electron chi connectivity index (χ0n) is 49.9. The van der Waals surface area contributed by atoms with Crippen molar-refractivity contribution in [3.05, 3.63) is 80.8 Å². The molecule has 454 valence electrons. The number of rotatable bonds is 30. The van der Waals surface area contributed by atoms with Gasteiger partial charge in [0.1, 0.15) is 35.8 Å². The maximum atomic E-state index is 13.5. The molecular weight excluding hydrogens is 1090 g/mol. The third kappa shape index (κ3) is 22.1. The summed E-state index contributed by atoms with van der Waals surface area (Å²) in [6.07, 6.45) is 8.77. The maximum absolute atomic E-state index is 13.5. The molecule has 5 rings (SSSR count). The lowest BCUT2D eigenvalue weighted by Gasteiger charge is -2.32. The second-order valence-corrected chi connectivity index (χ2v) is 24.7. The van der Waals surface area contributed by atoms with Gasteiger partial charge in [-0.05, 0) is 125 Å². The molecule has 0 radical (unpaired) electrons. The molecule has 0 unspecified atom stereocenters. The first-order chi connectivity index (χ1) is 38.9. The number of piperidine rings is 2. The quantitative estimate of drug-likeness (QED) is 0.0362. The number of carbonyl (C=O) groups excluding carboxylic acids is 6. The van der Waals surface area contributed by atoms with Crippen molar-refractivity contribution in [3.63, 3.8) is 0 Å². The Labute approximate surface area is 496 Å². The van der Waals surface area contributed by atoms with Crippen molar-refractivity contribution in [2.24, 2.45) is 22.7 Å². The van der Waals surface area contributed by atoms with E-state index in [1.54, 1.807) is 0 Å². The first kappa shape index (κ1) is 67.0. The summed E-state index contributed by atoms with van der Waals surface area (Å²) in [6.45, 7) is 20.1. The predicted molar refractivity (Wildman–Crippen MR) is 323 cm³/mol. The molecule has 82 heavy (non-hydrogen) atoms. The molecule has 20 heteroatoms. The summed E-state index contributed by atoms with van der Waals surface area (Å²) in [5.74, 6) is 0.443. The number of esters is 2. The van der Waals surface area contributed by atoms with Gasteiger partial charge in [-0.2, -0.15) is 0 Å². The number of ether oxygens (including phenoxy) is 4. The first-order valence-electron chi connectivity index (χ1n) is 29.2. The maximum Gasteiger partial charge on any atom is 0.342 e. The minimum Gasteiger partial charge on any atom is -0.496 e. The number of carbonyl (C=O) groups is 6. The lowest BCUT2D eigenvalue weighted by atomic mass is 9.94. The minimum atomic E-state index is -0.543. The average Bonchev–Trinajstić information content (AvgIpc) is 3.49. The Bertz CT molecular complexity index is 2400. The SMILES string of the molecule is COc1cc(N)c(Cl)cc1C(=O)OCCN1CCC(CNC(=O)CCCN(CCCc2ccc(CCCN(CCCC(=O)NCC3CCN(CCOC(=O)c4cc(Cl)c(N)cc4OC)CC3)C(=O)C(C)(C)C)cc2)C(=O)C(C)(C)C)CC1. The summed E-state index contributed by atoms with van der Waals surface area (Å²) < 4.78 is 21.6. The molecule has 2 saturated heterocycles. The number of nitrogens with one attached hydrogen (secondary N) is 2. The molecule has 2 fully saturated rings. The van der Waals surface area contributed by atoms with Gasteiger partial charge in [0.15, 0.2) is 0 Å². The van der Waals surface area contributed by atoms with Crippen molar-refractivity contribution in [2.45, 2.75) is 119 Å². The van der Waals surface area contributed by atoms with Crippen LogP contribution in [0, 0.1) is 22.7 Å². The highest BCUT2D eigenvalue weighted by Gasteiger charge is 2.29. The van der Waals surface area contributed by atoms with E-state index in [1.165, 1.54) is 49.6 Å². The number of anilines is 2. The van der Waals surface area contributed by atoms with Crippen LogP contribution in [0.1, 0.15) is 138 Å². The number of hydrogen-bond acceptors (Lipinski definition) is 14. The number of hydrogen-bond donors (Lipinski definition) is 4. The van der Waals surface area contributed by atoms with E-state index in [1.807, 2.05) is 51.3 Å². The lowest BCUT2D eigenvalue weighted by Crippen LogP contribution is -2.41. The second kappa shape index (κ2) is 32.9. The van der Waals surface area contributed by atoms with Gasteiger partial charge in [0, 0.05) is 88.2 Å². The standard InChI is InChI=1S/C62H92Cl2N8O10/c1-61(2,3)59(77)71(27-11-15-55(73)67-41-45-21-29-69(30-22-45)33-35-81-57(75)47-37-49(63)51(65)39-53(47)79-7)25-9-13-43-17-19-44(20-18-43)14-10-26-72(60(78)62(4,5)6)28-12-16-56(74)68-42-46-23-31-70(32-24-46)34-36-82-58(76)48-38-50(64)52(66)40-54(48)80-8/h17-20,37-40,45-46H,9-16,21-36,41-42,65-66H2,1-8H3,(H,67,73)(H,68,74). The smallest absolute Gasteiger partial charge is 0.342 e. The van der Waals surface area contributed by atoms with Gasteiger partial charge < -0.3 is 50.8 Å². The van der Waals surface area contributed by atoms with Crippen LogP contribution in [0.3, 0.4) is 0 Å². The summed E-state index contributed by atoms with van der Waals surface area (Å²) >= 11 is 12.2. The highest BCUT2D eigenvalue weighted by Crippen LogP contribution is 2.31. The lowest BCUT2D eigenvalue weighted by molar-refractivity contribution is -0.140. The van der Waals surface area contributed by atoms with Crippen LogP contribution in [-0.4, -0.2) is 161 Å². The molecule has 2 aliphatic rings. The summed E-state index contributed by atoms with van der Waals surface area (Å²) in [5, 5.41) is 6.77. The van der Waals surface area contributed by atoms with Gasteiger partial charge >= 0.3 is 11.9 Å². The van der Waals surface area contributed by atoms with Crippen molar-refractivity contribution < 1.29 is 47.7 Å². The van der Waals surface area contributed by atoms with Gasteiger partial charge in [0.05, 0.1) is 35.6 Å². The number of nitrogens with two attached hydrogens (primary N) is 2. The molecule has 0 aromatic heterocycles. The largest absolute Gasteiger partial charge is 0.496 e. The van der Waals surface area contributed by atoms with Crippen LogP contribution < -0.4 is 31.6 Å². The molecule has 2 aliphatic heterocycles. The van der Waals surface area contributed by atoms with Crippen LogP contribution in [0.5, 0.6) is 11.5 Å². The molecule has 0 bridgehead atoms. The summed E-state index contributed by atoms with van der Waals surface area (Å²) in [6, 6.07) is 14.5. The number of nitrogen functional groups attached to an aromatic ring is 2. The van der Waals surface area contributed by atoms with Crippen molar-refractivity contribution in [1.82, 2.24) is 30.2 Å². The zero-order valence-corrected chi connectivity index (χ0v) is 51.5. The van der Waals surface area contributed by atoms with Gasteiger partial charge in [-0.1, -0.05) is 89.0 Å². The van der Waals surface area contributed by atoms with E-state index >= 15 is 0 Å². The Morgan fingerprint density at radius 1 is 0.561 bits per heavy atom. The number of likely N-dealkylation sites (tertiary alicyclic amines) is 2. The Hall–Kier alpha value is -5.82. The van der Waals surface area contributed by atoms with E-state index in [9.17, 15) is 28.8 Å². The highest BCUT2D eigenvalue weighted by atomic mass is 35.5. The Balaban J connectivity index is 0.937. The molecule has 6 N–H and O–H groups in total. The minimum absolute atomic E-state index is 0.00671. The number of nitrogens with zero attached hydrogens (tertiary/aromatic N) is 4. The molecule has 18 nitrogen and oxygen atoms in total. The highest BCUT2D eigenvalue weighted by molar-refractivity contribution is 6.34. The second-order valence-electron chi connectivity index (χ2n) is 23.9. The van der Waals surface area contributed by atoms with E-state index in [0.717, 1.165) is 77.5 Å². The van der Waals surface area contributed by atoms with E-state index in [0.29, 0.717) is 113 Å². The molecule has 4 amide bonds. The third-order valence-electron chi connectivity index (χ3n) is 15.3. The van der Waals surface area contributed by atoms with Crippen LogP contribution in [-0.2, 0) is 41.5 Å². The van der Waals surface area contributed by atoms with E-state index in [-0.39, 0.29) is 58.0 Å². The fourth-order valence-electron chi connectivity index (χ4n) is 10.3. The Morgan fingerprint density at radius 3 is 1.23 bits per heavy atom. The topological polar surface area (TPSA) is 228 Å². The van der Waals surface area contributed by atoms with Crippen LogP contribution in [0.2, 0.25) is 10.0 Å². The van der Waals surface area contributed by atoms with Crippen molar-refractivity contribution in [1.29, 1.82) is 0 Å². The molecular formula is C62H92Cl2N8O10. The molecule has 0 aliphatic carbocycles. The molecule has 2 heterocycles. The fourth-order valence-corrected chi connectivity index (χ4v) is 10.6. The van der Waals surface area contributed by atoms with Gasteiger partial charge in [-0.25, -0.2) is 9.59 Å². The predicted octanol–water partition coefficient (Wildman–Crippen LogP) is 8.72. The normalized spacial score (nSPS) is 14.7. The van der Waals surface area contributed by atoms with Crippen molar-refractivity contribution in [3.8, 4) is 11.5 Å². The van der Waals surface area contributed by atoms with Crippen molar-refractivity contribution >= 4 is 70.1 Å². The first-order valence-corrected chi connectivity index (χ1v) is 30.0. The number of amides is 4. The molecule has 0 atom stereocenters. The van der Waals surface area contributed by atoms with Crippen LogP contribution in [0.15, 0.2) is 48.5 Å². The molecule has 0 saturated carbocycles. The molecule has 3 aromatic carbocycles. The number of aryl methyl sites for hydroxylation is 2. The summed E-state index contributed by atoms with van der Waals surface area (Å²) in [7, 11) is 2.91. The summed E-state index contributed by atoms with van der Waals surface area (Å²) in [4.78, 5) is 86.7. The number of halogens is 2. The Kier molecular flexibility index (Phi) is 26.9. The van der Waals surface area contributed by atoms with Gasteiger partial charge in [0.2, 0.25) is 23.6 Å². The monoisotopic (exact) mass is 1180 g/mol. The number of benzene rings is 3. The molecule has 3 aromatic rings. The average molecular weight is 1180 g/mol.